The number of carbonyl (C=O) groups excluding carboxylic acids is 2. The van der Waals surface area contributed by atoms with Gasteiger partial charge in [0.2, 0.25) is 5.91 Å². The summed E-state index contributed by atoms with van der Waals surface area (Å²) in [4.78, 5) is 29.2. The van der Waals surface area contributed by atoms with Gasteiger partial charge in [-0.05, 0) is 43.2 Å². The van der Waals surface area contributed by atoms with Crippen LogP contribution in [0.25, 0.3) is 10.9 Å². The average Bonchev–Trinajstić information content (AvgIpc) is 3.28. The van der Waals surface area contributed by atoms with Crippen LogP contribution in [-0.2, 0) is 4.79 Å². The van der Waals surface area contributed by atoms with Crippen LogP contribution in [-0.4, -0.2) is 40.6 Å². The number of fused-ring (bicyclic) bond motifs is 3. The van der Waals surface area contributed by atoms with Crippen molar-refractivity contribution in [3.63, 3.8) is 0 Å². The molecule has 2 bridgehead atoms. The topological polar surface area (TPSA) is 91.3 Å². The van der Waals surface area contributed by atoms with E-state index in [1.54, 1.807) is 6.07 Å². The van der Waals surface area contributed by atoms with Crippen LogP contribution in [0.3, 0.4) is 0 Å². The first-order chi connectivity index (χ1) is 12.6. The minimum atomic E-state index is -0.951. The summed E-state index contributed by atoms with van der Waals surface area (Å²) in [5, 5.41) is 16.1. The van der Waals surface area contributed by atoms with Crippen molar-refractivity contribution in [3.05, 3.63) is 42.1 Å². The molecule has 2 fully saturated rings. The number of pyridine rings is 1. The number of aliphatic hydroxyl groups excluding tert-OH is 1. The highest BCUT2D eigenvalue weighted by Crippen LogP contribution is 2.44. The molecule has 0 spiro atoms. The van der Waals surface area contributed by atoms with Crippen LogP contribution >= 0.6 is 0 Å². The summed E-state index contributed by atoms with van der Waals surface area (Å²) in [6, 6.07) is 8.48. The average molecular weight is 353 g/mol. The van der Waals surface area contributed by atoms with Crippen LogP contribution in [0.4, 0.5) is 0 Å². The largest absolute Gasteiger partial charge is 0.394 e. The van der Waals surface area contributed by atoms with Gasteiger partial charge in [0.1, 0.15) is 6.04 Å². The number of amides is 2. The predicted octanol–water partition coefficient (Wildman–Crippen LogP) is 1.63. The van der Waals surface area contributed by atoms with Gasteiger partial charge in [-0.25, -0.2) is 0 Å². The third kappa shape index (κ3) is 3.29. The Labute approximate surface area is 152 Å². The van der Waals surface area contributed by atoms with Gasteiger partial charge in [0.05, 0.1) is 17.7 Å². The number of aliphatic hydroxyl groups is 1. The lowest BCUT2D eigenvalue weighted by atomic mass is 9.95. The Morgan fingerprint density at radius 1 is 1.23 bits per heavy atom. The van der Waals surface area contributed by atoms with E-state index in [0.29, 0.717) is 11.5 Å². The normalized spacial score (nSPS) is 25.2. The van der Waals surface area contributed by atoms with Crippen LogP contribution < -0.4 is 10.6 Å². The maximum atomic E-state index is 12.5. The molecule has 2 amide bonds. The zero-order chi connectivity index (χ0) is 18.1. The molecular formula is C20H23N3O3. The number of aromatic nitrogens is 1. The number of benzene rings is 1. The van der Waals surface area contributed by atoms with Crippen LogP contribution in [0, 0.1) is 11.8 Å². The fourth-order valence-electron chi connectivity index (χ4n) is 4.34. The molecule has 3 unspecified atom stereocenters. The van der Waals surface area contributed by atoms with Crippen molar-refractivity contribution >= 4 is 22.7 Å². The third-order valence-corrected chi connectivity index (χ3v) is 5.72. The molecule has 3 N–H and O–H groups in total. The van der Waals surface area contributed by atoms with Crippen molar-refractivity contribution < 1.29 is 14.7 Å². The second-order valence-electron chi connectivity index (χ2n) is 7.42. The molecule has 136 valence electrons. The minimum absolute atomic E-state index is 0.175. The van der Waals surface area contributed by atoms with Crippen molar-refractivity contribution in [2.75, 3.05) is 6.61 Å². The maximum Gasteiger partial charge on any atom is 0.253 e. The van der Waals surface area contributed by atoms with E-state index in [9.17, 15) is 14.7 Å². The molecule has 2 saturated carbocycles. The van der Waals surface area contributed by atoms with Gasteiger partial charge in [0, 0.05) is 17.6 Å². The van der Waals surface area contributed by atoms with Crippen molar-refractivity contribution in [1.29, 1.82) is 0 Å². The number of para-hydroxylation sites is 1. The fraction of sp³-hybridized carbons (Fsp3) is 0.450. The number of nitrogens with zero attached hydrogens (tertiary/aromatic N) is 1. The Hall–Kier alpha value is -2.47. The molecule has 2 aliphatic rings. The standard InChI is InChI=1S/C20H23N3O3/c24-11-18(20(26)22-17-8-12-5-6-14(17)7-12)23-19(25)15-9-13-3-1-2-4-16(13)21-10-15/h1-4,9-10,12,14,17-18,24H,5-8,11H2,(H,22,26)(H,23,25)/t12?,14?,17?,18-/m0/s1. The third-order valence-electron chi connectivity index (χ3n) is 5.72. The fourth-order valence-corrected chi connectivity index (χ4v) is 4.34. The molecule has 6 heteroatoms. The van der Waals surface area contributed by atoms with E-state index in [1.807, 2.05) is 24.3 Å². The van der Waals surface area contributed by atoms with Gasteiger partial charge in [-0.3, -0.25) is 14.6 Å². The number of nitrogens with one attached hydrogen (secondary N) is 2. The van der Waals surface area contributed by atoms with E-state index in [2.05, 4.69) is 15.6 Å². The zero-order valence-electron chi connectivity index (χ0n) is 14.5. The molecule has 4 atom stereocenters. The van der Waals surface area contributed by atoms with E-state index in [1.165, 1.54) is 19.0 Å². The van der Waals surface area contributed by atoms with E-state index in [4.69, 9.17) is 0 Å². The highest BCUT2D eigenvalue weighted by molar-refractivity contribution is 5.99. The lowest BCUT2D eigenvalue weighted by Crippen LogP contribution is -2.52. The quantitative estimate of drug-likeness (QED) is 0.762. The number of carbonyl (C=O) groups is 2. The van der Waals surface area contributed by atoms with E-state index in [-0.39, 0.29) is 11.9 Å². The SMILES string of the molecule is O=C(N[C@@H](CO)C(=O)NC1CC2CCC1C2)c1cnc2ccccc2c1. The van der Waals surface area contributed by atoms with Crippen LogP contribution in [0.2, 0.25) is 0 Å². The Morgan fingerprint density at radius 3 is 2.81 bits per heavy atom. The van der Waals surface area contributed by atoms with E-state index < -0.39 is 18.6 Å². The summed E-state index contributed by atoms with van der Waals surface area (Å²) in [5.41, 5.74) is 1.17. The molecule has 0 aliphatic heterocycles. The first kappa shape index (κ1) is 17.0. The molecule has 1 aromatic heterocycles. The van der Waals surface area contributed by atoms with Gasteiger partial charge in [-0.15, -0.1) is 0 Å². The Kier molecular flexibility index (Phi) is 4.59. The van der Waals surface area contributed by atoms with Gasteiger partial charge in [0.15, 0.2) is 0 Å². The molecule has 2 aromatic rings. The first-order valence-electron chi connectivity index (χ1n) is 9.21. The zero-order valence-corrected chi connectivity index (χ0v) is 14.5. The predicted molar refractivity (Wildman–Crippen MR) is 97.5 cm³/mol. The summed E-state index contributed by atoms with van der Waals surface area (Å²) in [5.74, 6) is 0.539. The minimum Gasteiger partial charge on any atom is -0.394 e. The lowest BCUT2D eigenvalue weighted by Gasteiger charge is -2.25. The summed E-state index contributed by atoms with van der Waals surface area (Å²) >= 11 is 0. The van der Waals surface area contributed by atoms with Gasteiger partial charge in [-0.1, -0.05) is 24.6 Å². The monoisotopic (exact) mass is 353 g/mol. The van der Waals surface area contributed by atoms with Gasteiger partial charge < -0.3 is 15.7 Å². The molecular weight excluding hydrogens is 330 g/mol. The van der Waals surface area contributed by atoms with Crippen LogP contribution in [0.1, 0.15) is 36.0 Å². The number of rotatable bonds is 5. The molecule has 2 aliphatic carbocycles. The Morgan fingerprint density at radius 2 is 2.08 bits per heavy atom. The Bertz CT molecular complexity index is 838. The lowest BCUT2D eigenvalue weighted by molar-refractivity contribution is -0.124. The number of hydrogen-bond acceptors (Lipinski definition) is 4. The molecule has 1 aromatic carbocycles. The number of hydrogen-bond donors (Lipinski definition) is 3. The second-order valence-corrected chi connectivity index (χ2v) is 7.42. The van der Waals surface area contributed by atoms with E-state index >= 15 is 0 Å². The first-order valence-corrected chi connectivity index (χ1v) is 9.21. The van der Waals surface area contributed by atoms with Gasteiger partial charge in [-0.2, -0.15) is 0 Å². The molecule has 0 saturated heterocycles. The highest BCUT2D eigenvalue weighted by Gasteiger charge is 2.40. The second kappa shape index (κ2) is 7.03. The molecule has 0 radical (unpaired) electrons. The molecule has 1 heterocycles. The molecule has 26 heavy (non-hydrogen) atoms. The van der Waals surface area contributed by atoms with Crippen LogP contribution in [0.15, 0.2) is 36.5 Å². The smallest absolute Gasteiger partial charge is 0.253 e. The summed E-state index contributed by atoms with van der Waals surface area (Å²) in [6.07, 6.45) is 6.10. The van der Waals surface area contributed by atoms with Crippen molar-refractivity contribution in [3.8, 4) is 0 Å². The van der Waals surface area contributed by atoms with E-state index in [0.717, 1.165) is 29.7 Å². The molecule has 6 nitrogen and oxygen atoms in total. The van der Waals surface area contributed by atoms with Crippen molar-refractivity contribution in [2.24, 2.45) is 11.8 Å². The molecule has 4 rings (SSSR count). The van der Waals surface area contributed by atoms with Crippen molar-refractivity contribution in [1.82, 2.24) is 15.6 Å². The summed E-state index contributed by atoms with van der Waals surface area (Å²) < 4.78 is 0. The highest BCUT2D eigenvalue weighted by atomic mass is 16.3. The summed E-state index contributed by atoms with van der Waals surface area (Å²) in [7, 11) is 0. The van der Waals surface area contributed by atoms with Crippen LogP contribution in [0.5, 0.6) is 0 Å². The van der Waals surface area contributed by atoms with Gasteiger partial charge in [0.25, 0.3) is 5.91 Å². The van der Waals surface area contributed by atoms with Crippen molar-refractivity contribution in [2.45, 2.75) is 37.8 Å². The Balaban J connectivity index is 1.41. The van der Waals surface area contributed by atoms with Gasteiger partial charge >= 0.3 is 0 Å². The summed E-state index contributed by atoms with van der Waals surface area (Å²) in [6.45, 7) is -0.431. The maximum absolute atomic E-state index is 12.5.